The molecule has 29 heavy (non-hydrogen) atoms. The lowest BCUT2D eigenvalue weighted by molar-refractivity contribution is 0.372. The third-order valence-corrected chi connectivity index (χ3v) is 7.05. The average Bonchev–Trinajstić information content (AvgIpc) is 3.50. The molecular formula is C20H27N7S2. The fraction of sp³-hybridized carbons (Fsp3) is 0.450. The lowest BCUT2D eigenvalue weighted by Crippen LogP contribution is -2.52. The van der Waals surface area contributed by atoms with Gasteiger partial charge in [0.15, 0.2) is 11.8 Å². The lowest BCUT2D eigenvalue weighted by Gasteiger charge is -2.37. The largest absolute Gasteiger partial charge is 0.360 e. The van der Waals surface area contributed by atoms with Crippen LogP contribution in [0.2, 0.25) is 0 Å². The van der Waals surface area contributed by atoms with Crippen molar-refractivity contribution in [2.75, 3.05) is 37.6 Å². The van der Waals surface area contributed by atoms with Crippen LogP contribution in [0.15, 0.2) is 40.0 Å². The summed E-state index contributed by atoms with van der Waals surface area (Å²) in [6, 6.07) is 8.61. The molecule has 1 saturated heterocycles. The second-order valence-corrected chi connectivity index (χ2v) is 9.00. The van der Waals surface area contributed by atoms with E-state index >= 15 is 0 Å². The lowest BCUT2D eigenvalue weighted by atomic mass is 10.3. The van der Waals surface area contributed by atoms with E-state index in [0.29, 0.717) is 6.54 Å². The van der Waals surface area contributed by atoms with Gasteiger partial charge in [0, 0.05) is 44.6 Å². The highest BCUT2D eigenvalue weighted by Gasteiger charge is 2.20. The Bertz CT molecular complexity index is 907. The number of piperazine rings is 1. The van der Waals surface area contributed by atoms with Crippen LogP contribution in [0.5, 0.6) is 0 Å². The molecule has 7 nitrogen and oxygen atoms in total. The van der Waals surface area contributed by atoms with Gasteiger partial charge in [0.1, 0.15) is 12.4 Å². The molecule has 0 radical (unpaired) electrons. The molecule has 3 aromatic heterocycles. The monoisotopic (exact) mass is 429 g/mol. The number of nitrogens with zero attached hydrogens (tertiary/aromatic N) is 6. The van der Waals surface area contributed by atoms with Crippen LogP contribution in [0.1, 0.15) is 16.5 Å². The third-order valence-electron chi connectivity index (χ3n) is 5.18. The molecule has 4 rings (SSSR count). The van der Waals surface area contributed by atoms with E-state index in [-0.39, 0.29) is 0 Å². The van der Waals surface area contributed by atoms with Gasteiger partial charge in [0.05, 0.1) is 5.00 Å². The first-order valence-electron chi connectivity index (χ1n) is 9.89. The van der Waals surface area contributed by atoms with Crippen LogP contribution < -0.4 is 10.2 Å². The van der Waals surface area contributed by atoms with E-state index in [0.717, 1.165) is 56.8 Å². The van der Waals surface area contributed by atoms with Crippen LogP contribution >= 0.6 is 22.7 Å². The SMILES string of the molecule is Cc1nnc(CN=C(NCCc2cccs2)N2CCN(c3cccs3)CC2)n1C. The number of hydrogen-bond donors (Lipinski definition) is 1. The minimum Gasteiger partial charge on any atom is -0.360 e. The zero-order valence-corrected chi connectivity index (χ0v) is 18.5. The number of anilines is 1. The zero-order chi connectivity index (χ0) is 20.1. The van der Waals surface area contributed by atoms with Gasteiger partial charge in [-0.15, -0.1) is 32.9 Å². The Hall–Kier alpha value is -2.39. The Balaban J connectivity index is 1.41. The van der Waals surface area contributed by atoms with Gasteiger partial charge < -0.3 is 19.7 Å². The summed E-state index contributed by atoms with van der Waals surface area (Å²) in [4.78, 5) is 11.1. The summed E-state index contributed by atoms with van der Waals surface area (Å²) >= 11 is 3.61. The van der Waals surface area contributed by atoms with Crippen molar-refractivity contribution < 1.29 is 0 Å². The highest BCUT2D eigenvalue weighted by Crippen LogP contribution is 2.22. The molecule has 4 heterocycles. The van der Waals surface area contributed by atoms with Crippen molar-refractivity contribution in [2.45, 2.75) is 19.9 Å². The van der Waals surface area contributed by atoms with Gasteiger partial charge in [-0.3, -0.25) is 0 Å². The molecule has 1 aliphatic rings. The van der Waals surface area contributed by atoms with Gasteiger partial charge in [0.2, 0.25) is 0 Å². The minimum atomic E-state index is 0.532. The molecular weight excluding hydrogens is 402 g/mol. The minimum absolute atomic E-state index is 0.532. The number of aryl methyl sites for hydroxylation is 1. The van der Waals surface area contributed by atoms with Gasteiger partial charge in [-0.05, 0) is 42.3 Å². The van der Waals surface area contributed by atoms with Crippen LogP contribution in [0.3, 0.4) is 0 Å². The Labute approximate surface area is 179 Å². The normalized spacial score (nSPS) is 15.2. The van der Waals surface area contributed by atoms with E-state index in [4.69, 9.17) is 4.99 Å². The molecule has 0 amide bonds. The number of aliphatic imine (C=N–C) groups is 1. The second kappa shape index (κ2) is 9.41. The Kier molecular flexibility index (Phi) is 6.46. The van der Waals surface area contributed by atoms with Gasteiger partial charge in [-0.2, -0.15) is 0 Å². The van der Waals surface area contributed by atoms with Gasteiger partial charge in [-0.25, -0.2) is 4.99 Å². The molecule has 0 spiro atoms. The first kappa shape index (κ1) is 19.9. The van der Waals surface area contributed by atoms with Crippen molar-refractivity contribution in [3.8, 4) is 0 Å². The van der Waals surface area contributed by atoms with Crippen molar-refractivity contribution in [2.24, 2.45) is 12.0 Å². The predicted octanol–water partition coefficient (Wildman–Crippen LogP) is 2.76. The molecule has 0 aliphatic carbocycles. The number of hydrogen-bond acceptors (Lipinski definition) is 6. The number of guanidine groups is 1. The number of rotatable bonds is 6. The summed E-state index contributed by atoms with van der Waals surface area (Å²) in [5.41, 5.74) is 0. The summed E-state index contributed by atoms with van der Waals surface area (Å²) in [6.45, 7) is 7.31. The topological polar surface area (TPSA) is 61.6 Å². The molecule has 1 fully saturated rings. The van der Waals surface area contributed by atoms with E-state index < -0.39 is 0 Å². The molecule has 0 bridgehead atoms. The number of nitrogens with one attached hydrogen (secondary N) is 1. The highest BCUT2D eigenvalue weighted by molar-refractivity contribution is 7.14. The van der Waals surface area contributed by atoms with E-state index in [1.165, 1.54) is 9.88 Å². The molecule has 0 aromatic carbocycles. The maximum Gasteiger partial charge on any atom is 0.194 e. The Morgan fingerprint density at radius 1 is 1.10 bits per heavy atom. The number of thiophene rings is 2. The van der Waals surface area contributed by atoms with E-state index in [1.807, 2.05) is 29.9 Å². The summed E-state index contributed by atoms with van der Waals surface area (Å²) in [5.74, 6) is 2.76. The van der Waals surface area contributed by atoms with E-state index in [9.17, 15) is 0 Å². The number of aromatic nitrogens is 3. The molecule has 1 aliphatic heterocycles. The second-order valence-electron chi connectivity index (χ2n) is 7.04. The van der Waals surface area contributed by atoms with Gasteiger partial charge >= 0.3 is 0 Å². The molecule has 154 valence electrons. The summed E-state index contributed by atoms with van der Waals surface area (Å²) < 4.78 is 2.00. The first-order valence-corrected chi connectivity index (χ1v) is 11.7. The Morgan fingerprint density at radius 3 is 2.55 bits per heavy atom. The van der Waals surface area contributed by atoms with E-state index in [2.05, 4.69) is 60.3 Å². The van der Waals surface area contributed by atoms with Crippen molar-refractivity contribution in [3.05, 3.63) is 51.6 Å². The molecule has 9 heteroatoms. The zero-order valence-electron chi connectivity index (χ0n) is 16.9. The molecule has 0 atom stereocenters. The fourth-order valence-electron chi connectivity index (χ4n) is 3.34. The third kappa shape index (κ3) is 4.97. The quantitative estimate of drug-likeness (QED) is 0.482. The summed E-state index contributed by atoms with van der Waals surface area (Å²) in [7, 11) is 1.99. The molecule has 1 N–H and O–H groups in total. The maximum absolute atomic E-state index is 4.89. The summed E-state index contributed by atoms with van der Waals surface area (Å²) in [5, 5.41) is 17.6. The highest BCUT2D eigenvalue weighted by atomic mass is 32.1. The van der Waals surface area contributed by atoms with Crippen LogP contribution in [0.4, 0.5) is 5.00 Å². The van der Waals surface area contributed by atoms with Crippen molar-refractivity contribution in [3.63, 3.8) is 0 Å². The van der Waals surface area contributed by atoms with Crippen LogP contribution in [-0.2, 0) is 20.0 Å². The van der Waals surface area contributed by atoms with Gasteiger partial charge in [0.25, 0.3) is 0 Å². The maximum atomic E-state index is 4.89. The van der Waals surface area contributed by atoms with Crippen LogP contribution in [0, 0.1) is 6.92 Å². The molecule has 0 unspecified atom stereocenters. The van der Waals surface area contributed by atoms with Crippen molar-refractivity contribution in [1.29, 1.82) is 0 Å². The smallest absolute Gasteiger partial charge is 0.194 e. The van der Waals surface area contributed by atoms with Crippen molar-refractivity contribution in [1.82, 2.24) is 25.0 Å². The molecule has 0 saturated carbocycles. The van der Waals surface area contributed by atoms with Gasteiger partial charge in [-0.1, -0.05) is 6.07 Å². The average molecular weight is 430 g/mol. The Morgan fingerprint density at radius 2 is 1.90 bits per heavy atom. The standard InChI is InChI=1S/C20H27N7S2/c1-16-23-24-18(25(16)2)15-22-20(21-8-7-17-5-3-13-28-17)27-11-9-26(10-12-27)19-6-4-14-29-19/h3-6,13-14H,7-12,15H2,1-2H3,(H,21,22). The fourth-order valence-corrected chi connectivity index (χ4v) is 4.84. The predicted molar refractivity (Wildman–Crippen MR) is 121 cm³/mol. The molecule has 3 aromatic rings. The van der Waals surface area contributed by atoms with Crippen LogP contribution in [0.25, 0.3) is 0 Å². The van der Waals surface area contributed by atoms with Crippen molar-refractivity contribution >= 4 is 33.6 Å². The van der Waals surface area contributed by atoms with E-state index in [1.54, 1.807) is 11.3 Å². The van der Waals surface area contributed by atoms with Crippen LogP contribution in [-0.4, -0.2) is 58.3 Å². The summed E-state index contributed by atoms with van der Waals surface area (Å²) in [6.07, 6.45) is 1.01. The first-order chi connectivity index (χ1) is 14.2.